The van der Waals surface area contributed by atoms with Gasteiger partial charge < -0.3 is 10.0 Å². The molecule has 0 unspecified atom stereocenters. The summed E-state index contributed by atoms with van der Waals surface area (Å²) in [6.45, 7) is 1.37. The van der Waals surface area contributed by atoms with E-state index in [1.165, 1.54) is 13.5 Å². The number of amides is 1. The second-order valence-corrected chi connectivity index (χ2v) is 8.06. The van der Waals surface area contributed by atoms with Gasteiger partial charge in [0.25, 0.3) is 0 Å². The first-order valence-electron chi connectivity index (χ1n) is 6.92. The maximum atomic E-state index is 12.7. The third-order valence-corrected chi connectivity index (χ3v) is 6.55. The third kappa shape index (κ3) is 2.68. The van der Waals surface area contributed by atoms with Gasteiger partial charge in [0.2, 0.25) is 0 Å². The molecule has 0 radical (unpaired) electrons. The van der Waals surface area contributed by atoms with Crippen molar-refractivity contribution in [3.05, 3.63) is 28.7 Å². The Bertz CT molecular complexity index is 696. The summed E-state index contributed by atoms with van der Waals surface area (Å²) in [5.74, 6) is 0. The number of carboxylic acid groups (broad SMARTS) is 1. The molecule has 1 amide bonds. The van der Waals surface area contributed by atoms with E-state index < -0.39 is 16.3 Å². The fourth-order valence-electron chi connectivity index (χ4n) is 2.96. The van der Waals surface area contributed by atoms with Crippen LogP contribution in [0.4, 0.5) is 10.5 Å². The highest BCUT2D eigenvalue weighted by molar-refractivity contribution is 9.10. The third-order valence-electron chi connectivity index (χ3n) is 4.04. The number of rotatable bonds is 2. The van der Waals surface area contributed by atoms with Gasteiger partial charge in [0.1, 0.15) is 0 Å². The molecule has 7 nitrogen and oxygen atoms in total. The molecule has 1 aromatic rings. The minimum absolute atomic E-state index is 0.237. The van der Waals surface area contributed by atoms with E-state index in [2.05, 4.69) is 15.9 Å². The van der Waals surface area contributed by atoms with Gasteiger partial charge in [0.05, 0.1) is 5.69 Å². The predicted octanol–water partition coefficient (Wildman–Crippen LogP) is 1.57. The van der Waals surface area contributed by atoms with Crippen LogP contribution in [0.15, 0.2) is 28.7 Å². The Kier molecular flexibility index (Phi) is 4.04. The summed E-state index contributed by atoms with van der Waals surface area (Å²) in [6.07, 6.45) is -0.458. The molecule has 9 heteroatoms. The average molecular weight is 390 g/mol. The summed E-state index contributed by atoms with van der Waals surface area (Å²) in [7, 11) is -3.60. The lowest BCUT2D eigenvalue weighted by Gasteiger charge is -2.24. The van der Waals surface area contributed by atoms with Crippen LogP contribution in [0.2, 0.25) is 0 Å². The molecule has 1 aromatic carbocycles. The van der Waals surface area contributed by atoms with Gasteiger partial charge in [-0.3, -0.25) is 4.31 Å². The molecule has 2 heterocycles. The number of hydrogen-bond donors (Lipinski definition) is 1. The van der Waals surface area contributed by atoms with Gasteiger partial charge in [-0.25, -0.2) is 4.79 Å². The molecule has 2 fully saturated rings. The van der Waals surface area contributed by atoms with Gasteiger partial charge >= 0.3 is 16.3 Å². The van der Waals surface area contributed by atoms with E-state index in [1.807, 2.05) is 6.07 Å². The molecule has 1 atom stereocenters. The highest BCUT2D eigenvalue weighted by atomic mass is 79.9. The van der Waals surface area contributed by atoms with Gasteiger partial charge in [0, 0.05) is 36.7 Å². The summed E-state index contributed by atoms with van der Waals surface area (Å²) in [4.78, 5) is 12.3. The molecule has 1 N–H and O–H groups in total. The van der Waals surface area contributed by atoms with E-state index in [9.17, 15) is 13.2 Å². The van der Waals surface area contributed by atoms with Crippen LogP contribution in [-0.4, -0.2) is 61.0 Å². The Morgan fingerprint density at radius 3 is 2.68 bits per heavy atom. The monoisotopic (exact) mass is 389 g/mol. The summed E-state index contributed by atoms with van der Waals surface area (Å²) < 4.78 is 29.1. The smallest absolute Gasteiger partial charge is 0.407 e. The summed E-state index contributed by atoms with van der Waals surface area (Å²) in [5.41, 5.74) is 0.616. The van der Waals surface area contributed by atoms with E-state index in [1.54, 1.807) is 18.2 Å². The highest BCUT2D eigenvalue weighted by Gasteiger charge is 2.43. The normalized spacial score (nSPS) is 24.9. The van der Waals surface area contributed by atoms with Crippen LogP contribution in [-0.2, 0) is 10.2 Å². The Morgan fingerprint density at radius 1 is 1.27 bits per heavy atom. The van der Waals surface area contributed by atoms with Crippen LogP contribution in [0.5, 0.6) is 0 Å². The first-order chi connectivity index (χ1) is 10.4. The number of anilines is 1. The van der Waals surface area contributed by atoms with E-state index >= 15 is 0 Å². The first-order valence-corrected chi connectivity index (χ1v) is 9.11. The number of benzene rings is 1. The topological polar surface area (TPSA) is 81.2 Å². The molecular weight excluding hydrogens is 374 g/mol. The maximum absolute atomic E-state index is 12.7. The Hall–Kier alpha value is -1.32. The van der Waals surface area contributed by atoms with Crippen LogP contribution in [0, 0.1) is 0 Å². The van der Waals surface area contributed by atoms with Gasteiger partial charge in [0.15, 0.2) is 0 Å². The van der Waals surface area contributed by atoms with Crippen molar-refractivity contribution >= 4 is 37.9 Å². The molecule has 0 aromatic heterocycles. The van der Waals surface area contributed by atoms with Crippen molar-refractivity contribution in [3.8, 4) is 0 Å². The van der Waals surface area contributed by atoms with E-state index in [0.29, 0.717) is 31.7 Å². The second-order valence-electron chi connectivity index (χ2n) is 5.34. The number of nitrogens with zero attached hydrogens (tertiary/aromatic N) is 3. The fraction of sp³-hybridized carbons (Fsp3) is 0.462. The number of hydrogen-bond acceptors (Lipinski definition) is 3. The molecule has 2 aliphatic heterocycles. The predicted molar refractivity (Wildman–Crippen MR) is 85.1 cm³/mol. The quantitative estimate of drug-likeness (QED) is 0.831. The Labute approximate surface area is 137 Å². The average Bonchev–Trinajstić information content (AvgIpc) is 3.02. The molecule has 0 spiro atoms. The highest BCUT2D eigenvalue weighted by Crippen LogP contribution is 2.30. The lowest BCUT2D eigenvalue weighted by atomic mass is 10.2. The molecule has 0 saturated carbocycles. The molecule has 0 bridgehead atoms. The minimum atomic E-state index is -3.60. The minimum Gasteiger partial charge on any atom is -0.465 e. The van der Waals surface area contributed by atoms with Crippen molar-refractivity contribution < 1.29 is 18.3 Å². The zero-order valence-corrected chi connectivity index (χ0v) is 14.1. The standard InChI is InChI=1S/C13H16BrN3O4S/c14-10-2-1-3-11(8-10)16-6-7-17(22(16,20)21)12-4-5-15(9-12)13(18)19/h1-3,8,12H,4-7,9H2,(H,18,19)/t12-/m0/s1. The summed E-state index contributed by atoms with van der Waals surface area (Å²) in [6, 6.07) is 6.87. The second kappa shape index (κ2) is 5.71. The van der Waals surface area contributed by atoms with Crippen LogP contribution >= 0.6 is 15.9 Å². The summed E-state index contributed by atoms with van der Waals surface area (Å²) in [5, 5.41) is 9.01. The lowest BCUT2D eigenvalue weighted by molar-refractivity contribution is 0.153. The van der Waals surface area contributed by atoms with Crippen molar-refractivity contribution in [3.63, 3.8) is 0 Å². The molecule has 3 rings (SSSR count). The Balaban J connectivity index is 1.81. The Morgan fingerprint density at radius 2 is 2.05 bits per heavy atom. The van der Waals surface area contributed by atoms with Crippen molar-refractivity contribution in [2.75, 3.05) is 30.5 Å². The van der Waals surface area contributed by atoms with Crippen molar-refractivity contribution in [1.82, 2.24) is 9.21 Å². The fourth-order valence-corrected chi connectivity index (χ4v) is 5.16. The number of carbonyl (C=O) groups is 1. The van der Waals surface area contributed by atoms with Crippen LogP contribution < -0.4 is 4.31 Å². The molecular formula is C13H16BrN3O4S. The van der Waals surface area contributed by atoms with E-state index in [4.69, 9.17) is 5.11 Å². The molecule has 120 valence electrons. The number of likely N-dealkylation sites (tertiary alicyclic amines) is 1. The van der Waals surface area contributed by atoms with Crippen LogP contribution in [0.3, 0.4) is 0 Å². The molecule has 2 saturated heterocycles. The summed E-state index contributed by atoms with van der Waals surface area (Å²) >= 11 is 3.34. The largest absolute Gasteiger partial charge is 0.465 e. The maximum Gasteiger partial charge on any atom is 0.407 e. The SMILES string of the molecule is O=C(O)N1CC[C@H](N2CCN(c3cccc(Br)c3)S2(=O)=O)C1. The first kappa shape index (κ1) is 15.6. The van der Waals surface area contributed by atoms with Gasteiger partial charge in [-0.05, 0) is 24.6 Å². The molecule has 2 aliphatic rings. The van der Waals surface area contributed by atoms with E-state index in [-0.39, 0.29) is 12.6 Å². The van der Waals surface area contributed by atoms with Gasteiger partial charge in [-0.2, -0.15) is 12.7 Å². The van der Waals surface area contributed by atoms with Gasteiger partial charge in [-0.15, -0.1) is 0 Å². The van der Waals surface area contributed by atoms with Crippen molar-refractivity contribution in [2.24, 2.45) is 0 Å². The van der Waals surface area contributed by atoms with Crippen LogP contribution in [0.25, 0.3) is 0 Å². The lowest BCUT2D eigenvalue weighted by Crippen LogP contribution is -2.42. The number of halogens is 1. The van der Waals surface area contributed by atoms with Crippen molar-refractivity contribution in [1.29, 1.82) is 0 Å². The van der Waals surface area contributed by atoms with E-state index in [0.717, 1.165) is 4.47 Å². The van der Waals surface area contributed by atoms with Crippen LogP contribution in [0.1, 0.15) is 6.42 Å². The zero-order chi connectivity index (χ0) is 15.9. The molecule has 0 aliphatic carbocycles. The van der Waals surface area contributed by atoms with Gasteiger partial charge in [-0.1, -0.05) is 22.0 Å². The zero-order valence-electron chi connectivity index (χ0n) is 11.7. The van der Waals surface area contributed by atoms with Crippen molar-refractivity contribution in [2.45, 2.75) is 12.5 Å². The molecule has 22 heavy (non-hydrogen) atoms.